The molecule has 0 radical (unpaired) electrons. The largest absolute Gasteiger partial charge is 0.444 e. The second-order valence-corrected chi connectivity index (χ2v) is 27.1. The molecular formula is C53H82Cl2N8O8S2. The number of carbonyl (C=O) groups excluding carboxylic acids is 2. The lowest BCUT2D eigenvalue weighted by Crippen LogP contribution is -2.55. The Morgan fingerprint density at radius 3 is 1.30 bits per heavy atom. The first-order chi connectivity index (χ1) is 34.4. The standard InChI is InChI=1S/C27H42N4O6S2.C25H38N4O2.CH2Cl2/c1-27(2,3)37-26(32)30-16-12-21(13-17-30)25(19-31(38(4,33)34)39(5,35)36)29-14-10-20(11-15-29)23-18-28-24-9-7-6-8-22(23)24;1-25(2,3)31-24(30)29-14-10-19(11-15-29)23(16-26)28-12-8-18(9-13-28)21-17-27-22-7-5-4-6-20(21)22;2-1-3/h6-9,18,20-21,25,28H,10-17,19H2,1-5H3;4-7,17-19,23,27H,8-16,26H2,1-3H3;1H2. The average molecular weight is 1090 g/mol. The minimum atomic E-state index is -3.98. The van der Waals surface area contributed by atoms with Gasteiger partial charge in [0.05, 0.1) is 17.9 Å². The highest BCUT2D eigenvalue weighted by Crippen LogP contribution is 2.38. The fourth-order valence-electron chi connectivity index (χ4n) is 11.4. The predicted molar refractivity (Wildman–Crippen MR) is 294 cm³/mol. The molecule has 8 rings (SSSR count). The van der Waals surface area contributed by atoms with E-state index >= 15 is 0 Å². The van der Waals surface area contributed by atoms with Crippen molar-refractivity contribution >= 4 is 77.2 Å². The molecular weight excluding hydrogens is 1010 g/mol. The number of alkyl halides is 2. The van der Waals surface area contributed by atoms with Crippen LogP contribution in [-0.4, -0.2) is 169 Å². The van der Waals surface area contributed by atoms with Gasteiger partial charge in [-0.3, -0.25) is 9.80 Å². The molecule has 6 heterocycles. The van der Waals surface area contributed by atoms with Crippen molar-refractivity contribution < 1.29 is 35.9 Å². The monoisotopic (exact) mass is 1090 g/mol. The Hall–Kier alpha value is -3.62. The van der Waals surface area contributed by atoms with Crippen LogP contribution in [0.25, 0.3) is 21.8 Å². The first-order valence-corrected chi connectivity index (χ1v) is 30.7. The molecule has 2 unspecified atom stereocenters. The van der Waals surface area contributed by atoms with Gasteiger partial charge >= 0.3 is 12.2 Å². The molecule has 16 nitrogen and oxygen atoms in total. The Balaban J connectivity index is 0.000000231. The highest BCUT2D eigenvalue weighted by molar-refractivity contribution is 8.03. The number of amides is 2. The molecule has 0 bridgehead atoms. The molecule has 2 aromatic carbocycles. The third-order valence-corrected chi connectivity index (χ3v) is 18.3. The third kappa shape index (κ3) is 16.2. The molecule has 4 aliphatic heterocycles. The van der Waals surface area contributed by atoms with Crippen molar-refractivity contribution in [3.63, 3.8) is 0 Å². The molecule has 408 valence electrons. The Kier molecular flexibility index (Phi) is 20.5. The zero-order chi connectivity index (χ0) is 53.3. The summed E-state index contributed by atoms with van der Waals surface area (Å²) in [6.45, 7) is 18.0. The maximum atomic E-state index is 12.6. The highest BCUT2D eigenvalue weighted by atomic mass is 35.5. The zero-order valence-electron chi connectivity index (χ0n) is 44.3. The van der Waals surface area contributed by atoms with E-state index in [4.69, 9.17) is 38.4 Å². The molecule has 4 aromatic rings. The second-order valence-electron chi connectivity index (χ2n) is 22.3. The summed E-state index contributed by atoms with van der Waals surface area (Å²) in [5, 5.41) is 2.79. The lowest BCUT2D eigenvalue weighted by Gasteiger charge is -2.45. The SMILES string of the molecule is CC(C)(C)OC(=O)N1CCC(C(CN(S(C)(=O)=O)S(C)(=O)=O)N2CCC(c3c[nH]c4ccccc34)CC2)CC1.CC(C)(C)OC(=O)N1CCC(C(CN)N2CCC(c3c[nH]c4ccccc34)CC2)CC1.ClCCl. The number of halogens is 2. The molecule has 0 saturated carbocycles. The molecule has 4 saturated heterocycles. The summed E-state index contributed by atoms with van der Waals surface area (Å²) >= 11 is 9.53. The molecule has 0 aliphatic carbocycles. The molecule has 4 N–H and O–H groups in total. The molecule has 2 atom stereocenters. The molecule has 4 fully saturated rings. The number of para-hydroxylation sites is 2. The van der Waals surface area contributed by atoms with Gasteiger partial charge in [-0.2, -0.15) is 0 Å². The Bertz CT molecular complexity index is 2590. The number of carbonyl (C=O) groups is 2. The van der Waals surface area contributed by atoms with E-state index in [9.17, 15) is 26.4 Å². The number of H-pyrrole nitrogens is 2. The molecule has 2 amide bonds. The van der Waals surface area contributed by atoms with Crippen LogP contribution in [0.4, 0.5) is 9.59 Å². The summed E-state index contributed by atoms with van der Waals surface area (Å²) < 4.78 is 61.9. The Morgan fingerprint density at radius 1 is 0.616 bits per heavy atom. The van der Waals surface area contributed by atoms with Gasteiger partial charge < -0.3 is 35.0 Å². The number of aromatic nitrogens is 2. The summed E-state index contributed by atoms with van der Waals surface area (Å²) in [4.78, 5) is 40.2. The smallest absolute Gasteiger partial charge is 0.410 e. The van der Waals surface area contributed by atoms with Gasteiger partial charge in [0.1, 0.15) is 11.2 Å². The number of benzene rings is 2. The number of ether oxygens (including phenoxy) is 2. The van der Waals surface area contributed by atoms with Crippen molar-refractivity contribution in [2.75, 3.05) is 83.3 Å². The number of hydrogen-bond acceptors (Lipinski definition) is 11. The number of piperidine rings is 4. The number of nitrogens with two attached hydrogens (primary N) is 1. The third-order valence-electron chi connectivity index (χ3n) is 14.9. The first-order valence-electron chi connectivity index (χ1n) is 26.0. The van der Waals surface area contributed by atoms with Crippen LogP contribution in [0, 0.1) is 11.8 Å². The van der Waals surface area contributed by atoms with E-state index in [0.29, 0.717) is 60.0 Å². The van der Waals surface area contributed by atoms with Crippen molar-refractivity contribution in [2.45, 2.75) is 128 Å². The Labute approximate surface area is 445 Å². The summed E-state index contributed by atoms with van der Waals surface area (Å²) in [6, 6.07) is 17.0. The van der Waals surface area contributed by atoms with Crippen molar-refractivity contribution in [1.29, 1.82) is 0 Å². The molecule has 0 spiro atoms. The van der Waals surface area contributed by atoms with Crippen molar-refractivity contribution in [1.82, 2.24) is 33.3 Å². The lowest BCUT2D eigenvalue weighted by molar-refractivity contribution is 0.0102. The number of likely N-dealkylation sites (tertiary alicyclic amines) is 4. The second kappa shape index (κ2) is 25.5. The quantitative estimate of drug-likeness (QED) is 0.121. The summed E-state index contributed by atoms with van der Waals surface area (Å²) in [6.07, 6.45) is 13.1. The highest BCUT2D eigenvalue weighted by Gasteiger charge is 2.40. The van der Waals surface area contributed by atoms with Gasteiger partial charge in [0.25, 0.3) is 0 Å². The fourth-order valence-corrected chi connectivity index (χ4v) is 14.2. The van der Waals surface area contributed by atoms with Gasteiger partial charge in [0.2, 0.25) is 20.0 Å². The molecule has 2 aromatic heterocycles. The molecule has 20 heteroatoms. The van der Waals surface area contributed by atoms with Crippen LogP contribution in [-0.2, 0) is 29.5 Å². The van der Waals surface area contributed by atoms with Gasteiger partial charge in [-0.25, -0.2) is 26.4 Å². The average Bonchev–Trinajstić information content (AvgIpc) is 3.97. The van der Waals surface area contributed by atoms with E-state index in [1.165, 1.54) is 40.3 Å². The topological polar surface area (TPSA) is 195 Å². The maximum absolute atomic E-state index is 12.6. The number of nitrogens with zero attached hydrogens (tertiary/aromatic N) is 5. The first kappa shape index (κ1) is 58.6. The number of hydrogen-bond donors (Lipinski definition) is 3. The van der Waals surface area contributed by atoms with Gasteiger partial charge in [0, 0.05) is 85.6 Å². The van der Waals surface area contributed by atoms with Crippen LogP contribution in [0.2, 0.25) is 0 Å². The lowest BCUT2D eigenvalue weighted by atomic mass is 9.84. The maximum Gasteiger partial charge on any atom is 0.410 e. The van der Waals surface area contributed by atoms with E-state index < -0.39 is 31.2 Å². The molecule has 4 aliphatic rings. The van der Waals surface area contributed by atoms with E-state index in [1.807, 2.05) is 58.6 Å². The van der Waals surface area contributed by atoms with Gasteiger partial charge in [-0.15, -0.1) is 23.2 Å². The predicted octanol–water partition coefficient (Wildman–Crippen LogP) is 9.33. The van der Waals surface area contributed by atoms with E-state index in [0.717, 1.165) is 83.0 Å². The van der Waals surface area contributed by atoms with Crippen LogP contribution >= 0.6 is 23.2 Å². The van der Waals surface area contributed by atoms with Crippen LogP contribution in [0.3, 0.4) is 0 Å². The van der Waals surface area contributed by atoms with Gasteiger partial charge in [-0.05, 0) is 166 Å². The van der Waals surface area contributed by atoms with Crippen LogP contribution < -0.4 is 5.73 Å². The van der Waals surface area contributed by atoms with Crippen molar-refractivity contribution in [2.24, 2.45) is 17.6 Å². The minimum Gasteiger partial charge on any atom is -0.444 e. The minimum absolute atomic E-state index is 0.0410. The number of nitrogens with one attached hydrogen (secondary N) is 2. The van der Waals surface area contributed by atoms with Gasteiger partial charge in [0.15, 0.2) is 0 Å². The van der Waals surface area contributed by atoms with Crippen molar-refractivity contribution in [3.05, 3.63) is 72.1 Å². The summed E-state index contributed by atoms with van der Waals surface area (Å²) in [7, 11) is -7.96. The van der Waals surface area contributed by atoms with Gasteiger partial charge in [-0.1, -0.05) is 40.1 Å². The van der Waals surface area contributed by atoms with Crippen LogP contribution in [0.1, 0.15) is 116 Å². The van der Waals surface area contributed by atoms with E-state index in [1.54, 1.807) is 4.90 Å². The normalized spacial score (nSPS) is 19.8. The van der Waals surface area contributed by atoms with Crippen molar-refractivity contribution in [3.8, 4) is 0 Å². The van der Waals surface area contributed by atoms with Crippen LogP contribution in [0.5, 0.6) is 0 Å². The summed E-state index contributed by atoms with van der Waals surface area (Å²) in [5.74, 6) is 1.57. The zero-order valence-corrected chi connectivity index (χ0v) is 47.5. The fraction of sp³-hybridized carbons (Fsp3) is 0.660. The number of rotatable bonds is 11. The van der Waals surface area contributed by atoms with E-state index in [-0.39, 0.29) is 36.0 Å². The number of fused-ring (bicyclic) bond motifs is 2. The van der Waals surface area contributed by atoms with E-state index in [2.05, 4.69) is 68.6 Å². The molecule has 73 heavy (non-hydrogen) atoms. The van der Waals surface area contributed by atoms with Crippen LogP contribution in [0.15, 0.2) is 60.9 Å². The number of sulfonamides is 2. The Morgan fingerprint density at radius 2 is 0.959 bits per heavy atom. The number of aromatic amines is 2. The summed E-state index contributed by atoms with van der Waals surface area (Å²) in [5.41, 5.74) is 10.3.